The number of halogens is 3. The van der Waals surface area contributed by atoms with Gasteiger partial charge in [0, 0.05) is 24.4 Å². The van der Waals surface area contributed by atoms with Crippen molar-refractivity contribution in [2.75, 3.05) is 18.5 Å². The van der Waals surface area contributed by atoms with Gasteiger partial charge in [0.1, 0.15) is 0 Å². The van der Waals surface area contributed by atoms with Crippen LogP contribution in [0.5, 0.6) is 5.75 Å². The van der Waals surface area contributed by atoms with Crippen LogP contribution >= 0.6 is 0 Å². The largest absolute Gasteiger partial charge is 0.487 e. The van der Waals surface area contributed by atoms with E-state index in [9.17, 15) is 23.3 Å². The number of nitro benzene ring substituents is 1. The summed E-state index contributed by atoms with van der Waals surface area (Å²) in [6.45, 7) is 1.04. The van der Waals surface area contributed by atoms with Crippen molar-refractivity contribution in [1.29, 1.82) is 0 Å². The summed E-state index contributed by atoms with van der Waals surface area (Å²) in [5.74, 6) is -0.0519. The molecule has 2 N–H and O–H groups in total. The lowest BCUT2D eigenvalue weighted by molar-refractivity contribution is -0.385. The Balaban J connectivity index is 2.82. The van der Waals surface area contributed by atoms with Crippen LogP contribution in [0, 0.1) is 10.1 Å². The van der Waals surface area contributed by atoms with E-state index < -0.39 is 23.7 Å². The molecular formula is C11H13F3N2O4. The minimum absolute atomic E-state index is 0.0519. The van der Waals surface area contributed by atoms with E-state index in [0.717, 1.165) is 6.07 Å². The fourth-order valence-corrected chi connectivity index (χ4v) is 1.38. The maximum absolute atomic E-state index is 12.1. The molecule has 0 bridgehead atoms. The van der Waals surface area contributed by atoms with E-state index in [-0.39, 0.29) is 23.7 Å². The van der Waals surface area contributed by atoms with Gasteiger partial charge in [0.2, 0.25) is 0 Å². The van der Waals surface area contributed by atoms with E-state index >= 15 is 0 Å². The molecule has 0 aromatic heterocycles. The standard InChI is InChI=1S/C11H13F3N2O4/c1-2-20-9-5-7(3-4-8(9)16(18)19)15-6-10(17)11(12,13)14/h3-5,10,15,17H,2,6H2,1H3. The van der Waals surface area contributed by atoms with E-state index in [0.29, 0.717) is 0 Å². The molecule has 0 aliphatic heterocycles. The Bertz CT molecular complexity index is 479. The molecule has 112 valence electrons. The molecule has 6 nitrogen and oxygen atoms in total. The van der Waals surface area contributed by atoms with Crippen molar-refractivity contribution >= 4 is 11.4 Å². The third-order valence-corrected chi connectivity index (χ3v) is 2.33. The molecule has 1 aromatic rings. The van der Waals surface area contributed by atoms with Gasteiger partial charge >= 0.3 is 11.9 Å². The number of aliphatic hydroxyl groups is 1. The third kappa shape index (κ3) is 4.26. The number of ether oxygens (including phenoxy) is 1. The summed E-state index contributed by atoms with van der Waals surface area (Å²) in [5.41, 5.74) is -0.101. The molecular weight excluding hydrogens is 281 g/mol. The van der Waals surface area contributed by atoms with Crippen molar-refractivity contribution in [3.63, 3.8) is 0 Å². The molecule has 0 radical (unpaired) electrons. The molecule has 1 rings (SSSR count). The van der Waals surface area contributed by atoms with Gasteiger partial charge in [-0.05, 0) is 13.0 Å². The van der Waals surface area contributed by atoms with Crippen LogP contribution < -0.4 is 10.1 Å². The molecule has 1 aromatic carbocycles. The number of anilines is 1. The van der Waals surface area contributed by atoms with Gasteiger partial charge in [0.25, 0.3) is 0 Å². The Hall–Kier alpha value is -2.03. The van der Waals surface area contributed by atoms with Crippen molar-refractivity contribution in [3.8, 4) is 5.75 Å². The number of rotatable bonds is 6. The first-order valence-electron chi connectivity index (χ1n) is 5.65. The molecule has 1 unspecified atom stereocenters. The molecule has 0 heterocycles. The first-order chi connectivity index (χ1) is 9.25. The number of alkyl halides is 3. The van der Waals surface area contributed by atoms with E-state index in [1.807, 2.05) is 0 Å². The van der Waals surface area contributed by atoms with Gasteiger partial charge in [0.05, 0.1) is 11.5 Å². The van der Waals surface area contributed by atoms with Crippen molar-refractivity contribution in [2.24, 2.45) is 0 Å². The van der Waals surface area contributed by atoms with Gasteiger partial charge in [-0.3, -0.25) is 10.1 Å². The lowest BCUT2D eigenvalue weighted by Gasteiger charge is -2.16. The summed E-state index contributed by atoms with van der Waals surface area (Å²) in [6, 6.07) is 3.57. The van der Waals surface area contributed by atoms with Crippen LogP contribution in [0.2, 0.25) is 0 Å². The van der Waals surface area contributed by atoms with Crippen LogP contribution in [0.1, 0.15) is 6.92 Å². The number of hydrogen-bond donors (Lipinski definition) is 2. The summed E-state index contributed by atoms with van der Waals surface area (Å²) in [7, 11) is 0. The second kappa shape index (κ2) is 6.42. The number of nitrogens with one attached hydrogen (secondary N) is 1. The number of aliphatic hydroxyl groups excluding tert-OH is 1. The smallest absolute Gasteiger partial charge is 0.416 e. The molecule has 0 fully saturated rings. The molecule has 0 spiro atoms. The zero-order valence-corrected chi connectivity index (χ0v) is 10.5. The second-order valence-electron chi connectivity index (χ2n) is 3.81. The first kappa shape index (κ1) is 16.0. The quantitative estimate of drug-likeness (QED) is 0.621. The monoisotopic (exact) mass is 294 g/mol. The number of nitro groups is 1. The molecule has 0 saturated heterocycles. The van der Waals surface area contributed by atoms with Gasteiger partial charge in [-0.15, -0.1) is 0 Å². The molecule has 0 amide bonds. The highest BCUT2D eigenvalue weighted by Gasteiger charge is 2.37. The lowest BCUT2D eigenvalue weighted by Crippen LogP contribution is -2.34. The third-order valence-electron chi connectivity index (χ3n) is 2.33. The predicted molar refractivity (Wildman–Crippen MR) is 64.8 cm³/mol. The zero-order chi connectivity index (χ0) is 15.3. The Morgan fingerprint density at radius 1 is 1.50 bits per heavy atom. The summed E-state index contributed by atoms with van der Waals surface area (Å²) < 4.78 is 41.4. The van der Waals surface area contributed by atoms with Crippen LogP contribution in [0.15, 0.2) is 18.2 Å². The maximum atomic E-state index is 12.1. The average molecular weight is 294 g/mol. The number of benzene rings is 1. The predicted octanol–water partition coefficient (Wildman–Crippen LogP) is 2.33. The summed E-state index contributed by atoms with van der Waals surface area (Å²) in [4.78, 5) is 10.1. The summed E-state index contributed by atoms with van der Waals surface area (Å²) in [5, 5.41) is 21.9. The van der Waals surface area contributed by atoms with Gasteiger partial charge in [-0.25, -0.2) is 0 Å². The molecule has 0 saturated carbocycles. The van der Waals surface area contributed by atoms with E-state index in [1.165, 1.54) is 12.1 Å². The van der Waals surface area contributed by atoms with Gasteiger partial charge < -0.3 is 15.2 Å². The average Bonchev–Trinajstić information content (AvgIpc) is 2.35. The van der Waals surface area contributed by atoms with E-state index in [4.69, 9.17) is 9.84 Å². The topological polar surface area (TPSA) is 84.6 Å². The normalized spacial score (nSPS) is 12.8. The summed E-state index contributed by atoms with van der Waals surface area (Å²) >= 11 is 0. The minimum Gasteiger partial charge on any atom is -0.487 e. The lowest BCUT2D eigenvalue weighted by atomic mass is 10.2. The van der Waals surface area contributed by atoms with Gasteiger partial charge in [0.15, 0.2) is 11.9 Å². The summed E-state index contributed by atoms with van der Waals surface area (Å²) in [6.07, 6.45) is -7.25. The van der Waals surface area contributed by atoms with Crippen LogP contribution in [-0.4, -0.2) is 35.5 Å². The van der Waals surface area contributed by atoms with Crippen molar-refractivity contribution in [1.82, 2.24) is 0 Å². The highest BCUT2D eigenvalue weighted by atomic mass is 19.4. The molecule has 0 aliphatic carbocycles. The SMILES string of the molecule is CCOc1cc(NCC(O)C(F)(F)F)ccc1[N+](=O)[O-]. The first-order valence-corrected chi connectivity index (χ1v) is 5.65. The highest BCUT2D eigenvalue weighted by molar-refractivity contribution is 5.58. The van der Waals surface area contributed by atoms with Crippen molar-refractivity contribution in [2.45, 2.75) is 19.2 Å². The number of hydrogen-bond acceptors (Lipinski definition) is 5. The maximum Gasteiger partial charge on any atom is 0.416 e. The Labute approximate surface area is 112 Å². The van der Waals surface area contributed by atoms with E-state index in [1.54, 1.807) is 6.92 Å². The molecule has 9 heteroatoms. The van der Waals surface area contributed by atoms with Gasteiger partial charge in [-0.1, -0.05) is 0 Å². The second-order valence-corrected chi connectivity index (χ2v) is 3.81. The fourth-order valence-electron chi connectivity index (χ4n) is 1.38. The Morgan fingerprint density at radius 2 is 2.15 bits per heavy atom. The molecule has 0 aliphatic rings. The molecule has 20 heavy (non-hydrogen) atoms. The zero-order valence-electron chi connectivity index (χ0n) is 10.5. The van der Waals surface area contributed by atoms with Crippen LogP contribution in [0.3, 0.4) is 0 Å². The highest BCUT2D eigenvalue weighted by Crippen LogP contribution is 2.30. The Kier molecular flexibility index (Phi) is 5.14. The molecule has 1 atom stereocenters. The fraction of sp³-hybridized carbons (Fsp3) is 0.455. The van der Waals surface area contributed by atoms with Crippen LogP contribution in [0.25, 0.3) is 0 Å². The van der Waals surface area contributed by atoms with Crippen LogP contribution in [0.4, 0.5) is 24.5 Å². The van der Waals surface area contributed by atoms with E-state index in [2.05, 4.69) is 5.32 Å². The van der Waals surface area contributed by atoms with Crippen molar-refractivity contribution < 1.29 is 27.9 Å². The number of nitrogens with zero attached hydrogens (tertiary/aromatic N) is 1. The minimum atomic E-state index is -4.73. The Morgan fingerprint density at radius 3 is 2.65 bits per heavy atom. The van der Waals surface area contributed by atoms with Crippen molar-refractivity contribution in [3.05, 3.63) is 28.3 Å². The van der Waals surface area contributed by atoms with Gasteiger partial charge in [-0.2, -0.15) is 13.2 Å². The van der Waals surface area contributed by atoms with Crippen LogP contribution in [-0.2, 0) is 0 Å².